The minimum absolute atomic E-state index is 0.187. The number of nitrogens with zero attached hydrogens (tertiary/aromatic N) is 3. The van der Waals surface area contributed by atoms with E-state index in [1.54, 1.807) is 36.7 Å². The third-order valence-electron chi connectivity index (χ3n) is 4.12. The van der Waals surface area contributed by atoms with Crippen LogP contribution < -0.4 is 0 Å². The average Bonchev–Trinajstić information content (AvgIpc) is 2.83. The molecule has 0 unspecified atom stereocenters. The number of hydrogen-bond donors (Lipinski definition) is 0. The smallest absolute Gasteiger partial charge is 0.261 e. The van der Waals surface area contributed by atoms with E-state index in [4.69, 9.17) is 0 Å². The van der Waals surface area contributed by atoms with Gasteiger partial charge in [-0.05, 0) is 43.3 Å². The third kappa shape index (κ3) is 3.29. The number of amides is 2. The van der Waals surface area contributed by atoms with Gasteiger partial charge in [-0.2, -0.15) is 0 Å². The highest BCUT2D eigenvalue weighted by atomic mass is 16.2. The van der Waals surface area contributed by atoms with Gasteiger partial charge in [0.1, 0.15) is 0 Å². The van der Waals surface area contributed by atoms with Crippen molar-refractivity contribution in [2.45, 2.75) is 6.42 Å². The van der Waals surface area contributed by atoms with E-state index in [-0.39, 0.29) is 11.8 Å². The Balaban J connectivity index is 1.53. The number of rotatable bonds is 6. The lowest BCUT2D eigenvalue weighted by atomic mass is 10.1. The molecule has 2 aromatic rings. The summed E-state index contributed by atoms with van der Waals surface area (Å²) in [5.41, 5.74) is 2.25. The number of carbonyl (C=O) groups excluding carboxylic acids is 2. The molecular formula is C18H19N3O2. The Labute approximate surface area is 135 Å². The minimum atomic E-state index is -0.187. The lowest BCUT2D eigenvalue weighted by Gasteiger charge is -2.20. The van der Waals surface area contributed by atoms with Crippen molar-refractivity contribution in [3.05, 3.63) is 65.5 Å². The zero-order valence-electron chi connectivity index (χ0n) is 13.1. The molecular weight excluding hydrogens is 290 g/mol. The molecule has 5 nitrogen and oxygen atoms in total. The first-order valence-electron chi connectivity index (χ1n) is 7.69. The van der Waals surface area contributed by atoms with Gasteiger partial charge in [-0.15, -0.1) is 0 Å². The van der Waals surface area contributed by atoms with Crippen LogP contribution in [0.25, 0.3) is 0 Å². The fourth-order valence-corrected chi connectivity index (χ4v) is 2.69. The van der Waals surface area contributed by atoms with Gasteiger partial charge in [0, 0.05) is 32.0 Å². The Kier molecular flexibility index (Phi) is 4.48. The second kappa shape index (κ2) is 6.71. The quantitative estimate of drug-likeness (QED) is 0.764. The summed E-state index contributed by atoms with van der Waals surface area (Å²) >= 11 is 0. The van der Waals surface area contributed by atoms with Crippen LogP contribution in [0.15, 0.2) is 48.8 Å². The van der Waals surface area contributed by atoms with E-state index in [0.717, 1.165) is 13.0 Å². The van der Waals surface area contributed by atoms with E-state index in [1.165, 1.54) is 10.5 Å². The molecule has 0 bridgehead atoms. The molecule has 1 aromatic carbocycles. The molecule has 0 saturated heterocycles. The average molecular weight is 309 g/mol. The molecule has 0 atom stereocenters. The zero-order valence-corrected chi connectivity index (χ0v) is 13.1. The van der Waals surface area contributed by atoms with Crippen LogP contribution in [0.1, 0.15) is 26.3 Å². The van der Waals surface area contributed by atoms with Gasteiger partial charge in [-0.25, -0.2) is 0 Å². The van der Waals surface area contributed by atoms with E-state index >= 15 is 0 Å². The summed E-state index contributed by atoms with van der Waals surface area (Å²) < 4.78 is 0. The summed E-state index contributed by atoms with van der Waals surface area (Å²) in [4.78, 5) is 32.0. The number of hydrogen-bond acceptors (Lipinski definition) is 4. The lowest BCUT2D eigenvalue weighted by Crippen LogP contribution is -2.37. The molecule has 1 aliphatic rings. The SMILES string of the molecule is CN(CCc1ccncc1)CCN1C(=O)c2ccccc2C1=O. The number of aromatic nitrogens is 1. The van der Waals surface area contributed by atoms with Crippen molar-refractivity contribution in [2.75, 3.05) is 26.7 Å². The lowest BCUT2D eigenvalue weighted by molar-refractivity contribution is 0.0641. The number of pyridine rings is 1. The summed E-state index contributed by atoms with van der Waals surface area (Å²) in [7, 11) is 2.00. The van der Waals surface area contributed by atoms with Crippen molar-refractivity contribution in [1.82, 2.24) is 14.8 Å². The van der Waals surface area contributed by atoms with Crippen LogP contribution >= 0.6 is 0 Å². The molecule has 118 valence electrons. The van der Waals surface area contributed by atoms with Gasteiger partial charge in [0.05, 0.1) is 11.1 Å². The van der Waals surface area contributed by atoms with E-state index in [2.05, 4.69) is 9.88 Å². The van der Waals surface area contributed by atoms with Gasteiger partial charge >= 0.3 is 0 Å². The number of fused-ring (bicyclic) bond motifs is 1. The van der Waals surface area contributed by atoms with Crippen LogP contribution in [0.4, 0.5) is 0 Å². The van der Waals surface area contributed by atoms with Crippen LogP contribution in [0, 0.1) is 0 Å². The maximum Gasteiger partial charge on any atom is 0.261 e. The topological polar surface area (TPSA) is 53.5 Å². The Morgan fingerprint density at radius 2 is 1.57 bits per heavy atom. The van der Waals surface area contributed by atoms with E-state index in [0.29, 0.717) is 24.2 Å². The third-order valence-corrected chi connectivity index (χ3v) is 4.12. The molecule has 0 saturated carbocycles. The Morgan fingerprint density at radius 3 is 2.17 bits per heavy atom. The maximum absolute atomic E-state index is 12.3. The van der Waals surface area contributed by atoms with E-state index in [1.807, 2.05) is 19.2 Å². The molecule has 1 aliphatic heterocycles. The summed E-state index contributed by atoms with van der Waals surface area (Å²) in [5.74, 6) is -0.374. The second-order valence-electron chi connectivity index (χ2n) is 5.72. The predicted octanol–water partition coefficient (Wildman–Crippen LogP) is 1.85. The van der Waals surface area contributed by atoms with Gasteiger partial charge in [-0.3, -0.25) is 19.5 Å². The molecule has 3 rings (SSSR count). The second-order valence-corrected chi connectivity index (χ2v) is 5.72. The van der Waals surface area contributed by atoms with E-state index in [9.17, 15) is 9.59 Å². The molecule has 1 aromatic heterocycles. The fraction of sp³-hybridized carbons (Fsp3) is 0.278. The highest BCUT2D eigenvalue weighted by molar-refractivity contribution is 6.21. The number of likely N-dealkylation sites (N-methyl/N-ethyl adjacent to an activating group) is 1. The van der Waals surface area contributed by atoms with Gasteiger partial charge in [-0.1, -0.05) is 12.1 Å². The predicted molar refractivity (Wildman–Crippen MR) is 87.2 cm³/mol. The van der Waals surface area contributed by atoms with Crippen LogP contribution in [-0.4, -0.2) is 53.3 Å². The molecule has 0 spiro atoms. The number of benzene rings is 1. The first-order chi connectivity index (χ1) is 11.2. The minimum Gasteiger partial charge on any atom is -0.304 e. The number of imide groups is 1. The first-order valence-corrected chi connectivity index (χ1v) is 7.69. The molecule has 5 heteroatoms. The summed E-state index contributed by atoms with van der Waals surface area (Å²) in [6.07, 6.45) is 4.49. The summed E-state index contributed by atoms with van der Waals surface area (Å²) in [6, 6.07) is 11.0. The van der Waals surface area contributed by atoms with Crippen molar-refractivity contribution >= 4 is 11.8 Å². The van der Waals surface area contributed by atoms with Gasteiger partial charge in [0.2, 0.25) is 0 Å². The first kappa shape index (κ1) is 15.4. The van der Waals surface area contributed by atoms with Gasteiger partial charge < -0.3 is 4.90 Å². The highest BCUT2D eigenvalue weighted by Crippen LogP contribution is 2.21. The largest absolute Gasteiger partial charge is 0.304 e. The van der Waals surface area contributed by atoms with Crippen LogP contribution in [0.2, 0.25) is 0 Å². The Morgan fingerprint density at radius 1 is 0.957 bits per heavy atom. The molecule has 0 aliphatic carbocycles. The van der Waals surface area contributed by atoms with Gasteiger partial charge in [0.15, 0.2) is 0 Å². The number of carbonyl (C=O) groups is 2. The van der Waals surface area contributed by atoms with Crippen LogP contribution in [0.3, 0.4) is 0 Å². The van der Waals surface area contributed by atoms with Crippen molar-refractivity contribution in [3.63, 3.8) is 0 Å². The molecule has 0 fully saturated rings. The van der Waals surface area contributed by atoms with Crippen molar-refractivity contribution in [3.8, 4) is 0 Å². The van der Waals surface area contributed by atoms with Crippen LogP contribution in [-0.2, 0) is 6.42 Å². The Hall–Kier alpha value is -2.53. The standard InChI is InChI=1S/C18H19N3O2/c1-20(11-8-14-6-9-19-10-7-14)12-13-21-17(22)15-4-2-3-5-16(15)18(21)23/h2-7,9-10H,8,11-13H2,1H3. The molecule has 23 heavy (non-hydrogen) atoms. The van der Waals surface area contributed by atoms with Crippen molar-refractivity contribution < 1.29 is 9.59 Å². The Bertz CT molecular complexity index is 680. The normalized spacial score (nSPS) is 13.7. The summed E-state index contributed by atoms with van der Waals surface area (Å²) in [5, 5.41) is 0. The monoisotopic (exact) mass is 309 g/mol. The maximum atomic E-state index is 12.3. The van der Waals surface area contributed by atoms with Crippen molar-refractivity contribution in [1.29, 1.82) is 0 Å². The fourth-order valence-electron chi connectivity index (χ4n) is 2.69. The van der Waals surface area contributed by atoms with E-state index < -0.39 is 0 Å². The molecule has 0 radical (unpaired) electrons. The highest BCUT2D eigenvalue weighted by Gasteiger charge is 2.34. The molecule has 0 N–H and O–H groups in total. The zero-order chi connectivity index (χ0) is 16.2. The summed E-state index contributed by atoms with van der Waals surface area (Å²) in [6.45, 7) is 1.95. The molecule has 2 heterocycles. The molecule has 2 amide bonds. The van der Waals surface area contributed by atoms with Crippen LogP contribution in [0.5, 0.6) is 0 Å². The van der Waals surface area contributed by atoms with Gasteiger partial charge in [0.25, 0.3) is 11.8 Å². The van der Waals surface area contributed by atoms with Crippen molar-refractivity contribution in [2.24, 2.45) is 0 Å².